The van der Waals surface area contributed by atoms with Crippen LogP contribution in [-0.2, 0) is 10.0 Å². The number of alkyl halides is 2. The Kier molecular flexibility index (Phi) is 3.29. The summed E-state index contributed by atoms with van der Waals surface area (Å²) in [5.74, 6) is -0.203. The summed E-state index contributed by atoms with van der Waals surface area (Å²) in [5.41, 5.74) is 3.92. The van der Waals surface area contributed by atoms with E-state index in [9.17, 15) is 17.2 Å². The topological polar surface area (TPSA) is 108 Å². The van der Waals surface area contributed by atoms with Crippen LogP contribution in [0.4, 0.5) is 14.5 Å². The Bertz CT molecular complexity index is 504. The van der Waals surface area contributed by atoms with Gasteiger partial charge in [-0.3, -0.25) is 0 Å². The van der Waals surface area contributed by atoms with Crippen molar-refractivity contribution in [2.24, 2.45) is 5.14 Å². The Labute approximate surface area is 90.3 Å². The van der Waals surface area contributed by atoms with Gasteiger partial charge in [0.25, 0.3) is 16.4 Å². The van der Waals surface area contributed by atoms with Gasteiger partial charge in [-0.15, -0.1) is 0 Å². The summed E-state index contributed by atoms with van der Waals surface area (Å²) >= 11 is 0. The summed E-state index contributed by atoms with van der Waals surface area (Å²) in [6.07, 6.45) is -3.09. The molecule has 9 heteroatoms. The minimum Gasteiger partial charge on any atom is -0.481 e. The molecule has 1 aromatic heterocycles. The van der Waals surface area contributed by atoms with Gasteiger partial charge in [0, 0.05) is 11.8 Å². The highest BCUT2D eigenvalue weighted by Gasteiger charge is 2.26. The average molecular weight is 253 g/mol. The van der Waals surface area contributed by atoms with Crippen LogP contribution in [0.15, 0.2) is 11.1 Å². The molecular weight excluding hydrogens is 244 g/mol. The molecule has 0 saturated heterocycles. The third kappa shape index (κ3) is 2.36. The number of nitrogen functional groups attached to an aromatic ring is 1. The van der Waals surface area contributed by atoms with Crippen LogP contribution in [0.5, 0.6) is 5.88 Å². The zero-order chi connectivity index (χ0) is 12.5. The molecule has 0 aliphatic rings. The predicted octanol–water partition coefficient (Wildman–Crippen LogP) is 0.257. The van der Waals surface area contributed by atoms with Crippen LogP contribution in [0.3, 0.4) is 0 Å². The average Bonchev–Trinajstić information content (AvgIpc) is 2.14. The van der Waals surface area contributed by atoms with Crippen molar-refractivity contribution in [3.05, 3.63) is 11.6 Å². The maximum Gasteiger partial charge on any atom is 0.268 e. The molecule has 4 N–H and O–H groups in total. The van der Waals surface area contributed by atoms with Gasteiger partial charge in [-0.25, -0.2) is 22.3 Å². The van der Waals surface area contributed by atoms with E-state index in [0.29, 0.717) is 0 Å². The van der Waals surface area contributed by atoms with Crippen LogP contribution >= 0.6 is 0 Å². The number of hydrogen-bond acceptors (Lipinski definition) is 5. The molecule has 6 nitrogen and oxygen atoms in total. The second-order valence-electron chi connectivity index (χ2n) is 2.82. The lowest BCUT2D eigenvalue weighted by Crippen LogP contribution is -2.18. The van der Waals surface area contributed by atoms with E-state index in [-0.39, 0.29) is 5.88 Å². The number of methoxy groups -OCH3 is 1. The molecule has 0 fully saturated rings. The molecule has 0 aliphatic heterocycles. The van der Waals surface area contributed by atoms with Gasteiger partial charge in [0.15, 0.2) is 5.03 Å². The highest BCUT2D eigenvalue weighted by atomic mass is 32.2. The van der Waals surface area contributed by atoms with Gasteiger partial charge in [0.2, 0.25) is 5.88 Å². The number of primary sulfonamides is 1. The largest absolute Gasteiger partial charge is 0.481 e. The number of nitrogens with two attached hydrogens (primary N) is 2. The fraction of sp³-hybridized carbons (Fsp3) is 0.286. The first-order chi connectivity index (χ1) is 7.27. The quantitative estimate of drug-likeness (QED) is 0.803. The molecule has 0 unspecified atom stereocenters. The smallest absolute Gasteiger partial charge is 0.268 e. The van der Waals surface area contributed by atoms with Crippen molar-refractivity contribution >= 4 is 15.7 Å². The number of rotatable bonds is 3. The van der Waals surface area contributed by atoms with Crippen LogP contribution < -0.4 is 15.6 Å². The van der Waals surface area contributed by atoms with E-state index in [1.807, 2.05) is 0 Å². The maximum atomic E-state index is 12.6. The van der Waals surface area contributed by atoms with Crippen molar-refractivity contribution < 1.29 is 21.9 Å². The minimum atomic E-state index is -4.38. The maximum absolute atomic E-state index is 12.6. The van der Waals surface area contributed by atoms with Gasteiger partial charge < -0.3 is 10.5 Å². The summed E-state index contributed by atoms with van der Waals surface area (Å²) in [7, 11) is -3.19. The van der Waals surface area contributed by atoms with E-state index in [1.165, 1.54) is 7.11 Å². The summed E-state index contributed by atoms with van der Waals surface area (Å²) < 4.78 is 51.9. The molecule has 0 amide bonds. The second-order valence-corrected chi connectivity index (χ2v) is 4.30. The number of pyridine rings is 1. The zero-order valence-corrected chi connectivity index (χ0v) is 8.96. The standard InChI is InChI=1S/C7H9F2N3O3S/c1-15-4-2-3(10)5(6(8)9)7(12-4)16(11,13)14/h2,6H,1H3,(H2,10,12)(H2,11,13,14). The van der Waals surface area contributed by atoms with Gasteiger partial charge in [0.05, 0.1) is 12.7 Å². The molecule has 0 bridgehead atoms. The predicted molar refractivity (Wildman–Crippen MR) is 51.5 cm³/mol. The number of ether oxygens (including phenoxy) is 1. The fourth-order valence-electron chi connectivity index (χ4n) is 1.07. The number of anilines is 1. The lowest BCUT2D eigenvalue weighted by Gasteiger charge is -2.10. The molecule has 90 valence electrons. The van der Waals surface area contributed by atoms with E-state index in [4.69, 9.17) is 10.9 Å². The summed E-state index contributed by atoms with van der Waals surface area (Å²) in [6.45, 7) is 0. The van der Waals surface area contributed by atoms with Crippen molar-refractivity contribution in [1.29, 1.82) is 0 Å². The summed E-state index contributed by atoms with van der Waals surface area (Å²) in [6, 6.07) is 0.996. The zero-order valence-electron chi connectivity index (χ0n) is 8.15. The van der Waals surface area contributed by atoms with Crippen molar-refractivity contribution in [2.45, 2.75) is 11.5 Å². The molecule has 0 aromatic carbocycles. The number of sulfonamides is 1. The molecule has 0 radical (unpaired) electrons. The summed E-state index contributed by atoms with van der Waals surface area (Å²) in [5, 5.41) is 3.78. The van der Waals surface area contributed by atoms with Gasteiger partial charge in [-0.2, -0.15) is 4.98 Å². The van der Waals surface area contributed by atoms with Crippen molar-refractivity contribution in [3.8, 4) is 5.88 Å². The first-order valence-electron chi connectivity index (χ1n) is 3.92. The first kappa shape index (κ1) is 12.6. The van der Waals surface area contributed by atoms with E-state index in [1.54, 1.807) is 0 Å². The first-order valence-corrected chi connectivity index (χ1v) is 5.47. The number of aromatic nitrogens is 1. The van der Waals surface area contributed by atoms with Crippen molar-refractivity contribution in [1.82, 2.24) is 4.98 Å². The summed E-state index contributed by atoms with van der Waals surface area (Å²) in [4.78, 5) is 3.35. The van der Waals surface area contributed by atoms with Gasteiger partial charge in [-0.05, 0) is 0 Å². The molecule has 1 aromatic rings. The van der Waals surface area contributed by atoms with Crippen LogP contribution in [-0.4, -0.2) is 20.5 Å². The fourth-order valence-corrected chi connectivity index (χ4v) is 1.80. The van der Waals surface area contributed by atoms with E-state index >= 15 is 0 Å². The molecule has 0 atom stereocenters. The Morgan fingerprint density at radius 2 is 2.06 bits per heavy atom. The Morgan fingerprint density at radius 3 is 2.44 bits per heavy atom. The van der Waals surface area contributed by atoms with Crippen molar-refractivity contribution in [3.63, 3.8) is 0 Å². The molecule has 1 heterocycles. The third-order valence-corrected chi connectivity index (χ3v) is 2.58. The van der Waals surface area contributed by atoms with Crippen LogP contribution in [0, 0.1) is 0 Å². The molecule has 0 spiro atoms. The van der Waals surface area contributed by atoms with Crippen LogP contribution in [0.2, 0.25) is 0 Å². The van der Waals surface area contributed by atoms with E-state index in [2.05, 4.69) is 9.72 Å². The van der Waals surface area contributed by atoms with Gasteiger partial charge in [0.1, 0.15) is 0 Å². The molecule has 1 rings (SSSR count). The molecular formula is C7H9F2N3O3S. The SMILES string of the molecule is COc1cc(N)c(C(F)F)c(S(N)(=O)=O)n1. The van der Waals surface area contributed by atoms with Crippen LogP contribution in [0.1, 0.15) is 12.0 Å². The Balaban J connectivity index is 3.60. The Morgan fingerprint density at radius 1 is 1.50 bits per heavy atom. The molecule has 0 saturated carbocycles. The highest BCUT2D eigenvalue weighted by Crippen LogP contribution is 2.32. The van der Waals surface area contributed by atoms with Gasteiger partial charge >= 0.3 is 0 Å². The number of hydrogen-bond donors (Lipinski definition) is 2. The minimum absolute atomic E-state index is 0.203. The normalized spacial score (nSPS) is 11.8. The lowest BCUT2D eigenvalue weighted by molar-refractivity contribution is 0.147. The number of halogens is 2. The monoisotopic (exact) mass is 253 g/mol. The highest BCUT2D eigenvalue weighted by molar-refractivity contribution is 7.89. The van der Waals surface area contributed by atoms with E-state index in [0.717, 1.165) is 6.07 Å². The number of nitrogens with zero attached hydrogens (tertiary/aromatic N) is 1. The van der Waals surface area contributed by atoms with E-state index < -0.39 is 32.7 Å². The lowest BCUT2D eigenvalue weighted by atomic mass is 10.2. The van der Waals surface area contributed by atoms with Gasteiger partial charge in [-0.1, -0.05) is 0 Å². The second kappa shape index (κ2) is 4.18. The molecule has 16 heavy (non-hydrogen) atoms. The van der Waals surface area contributed by atoms with Crippen LogP contribution in [0.25, 0.3) is 0 Å². The van der Waals surface area contributed by atoms with Crippen molar-refractivity contribution in [2.75, 3.05) is 12.8 Å². The third-order valence-electron chi connectivity index (χ3n) is 1.73. The molecule has 0 aliphatic carbocycles. The Hall–Kier alpha value is -1.48.